The highest BCUT2D eigenvalue weighted by atomic mass is 32.2. The van der Waals surface area contributed by atoms with E-state index in [0.717, 1.165) is 24.3 Å². The van der Waals surface area contributed by atoms with Gasteiger partial charge in [-0.1, -0.05) is 18.2 Å². The quantitative estimate of drug-likeness (QED) is 0.143. The molecule has 3 aromatic carbocycles. The Morgan fingerprint density at radius 2 is 1.77 bits per heavy atom. The number of pyridine rings is 1. The second-order valence-electron chi connectivity index (χ2n) is 9.67. The summed E-state index contributed by atoms with van der Waals surface area (Å²) in [4.78, 5) is 19.6. The van der Waals surface area contributed by atoms with Gasteiger partial charge in [-0.2, -0.15) is 17.9 Å². The van der Waals surface area contributed by atoms with Crippen LogP contribution < -0.4 is 15.2 Å². The number of ketones is 1. The predicted molar refractivity (Wildman–Crippen MR) is 156 cm³/mol. The first-order chi connectivity index (χ1) is 21.0. The summed E-state index contributed by atoms with van der Waals surface area (Å²) in [6.07, 6.45) is 1.29. The van der Waals surface area contributed by atoms with Gasteiger partial charge in [0.25, 0.3) is 10.0 Å². The Bertz CT molecular complexity index is 2200. The molecule has 0 saturated heterocycles. The normalized spacial score (nSPS) is 11.5. The lowest BCUT2D eigenvalue weighted by atomic mass is 10.1. The summed E-state index contributed by atoms with van der Waals surface area (Å²) in [5, 5.41) is 3.92. The lowest BCUT2D eigenvalue weighted by molar-refractivity contribution is 0.103. The van der Waals surface area contributed by atoms with Gasteiger partial charge >= 0.3 is 0 Å². The van der Waals surface area contributed by atoms with Crippen LogP contribution in [0.5, 0.6) is 11.5 Å². The van der Waals surface area contributed by atoms with Crippen LogP contribution in [0, 0.1) is 24.5 Å². The van der Waals surface area contributed by atoms with E-state index in [1.54, 1.807) is 37.3 Å². The number of carbonyl (C=O) groups is 1. The Hall–Kier alpha value is -5.63. The van der Waals surface area contributed by atoms with E-state index in [0.29, 0.717) is 17.0 Å². The summed E-state index contributed by atoms with van der Waals surface area (Å²) in [5.41, 5.74) is 7.45. The third-order valence-electron chi connectivity index (χ3n) is 6.67. The molecule has 3 heterocycles. The molecular formula is C30H21F3N6O4S. The molecule has 10 nitrogen and oxygen atoms in total. The number of anilines is 2. The van der Waals surface area contributed by atoms with Crippen LogP contribution in [0.1, 0.15) is 21.6 Å². The minimum Gasteiger partial charge on any atom is -0.454 e. The fraction of sp³-hybridized carbons (Fsp3) is 0.0333. The summed E-state index contributed by atoms with van der Waals surface area (Å²) in [5.74, 6) is -2.52. The van der Waals surface area contributed by atoms with E-state index < -0.39 is 44.1 Å². The van der Waals surface area contributed by atoms with Gasteiger partial charge in [0.1, 0.15) is 17.4 Å². The summed E-state index contributed by atoms with van der Waals surface area (Å²) < 4.78 is 76.6. The number of hydrogen-bond donors (Lipinski definition) is 3. The maximum Gasteiger partial charge on any atom is 0.279 e. The Morgan fingerprint density at radius 3 is 2.52 bits per heavy atom. The molecule has 222 valence electrons. The predicted octanol–water partition coefficient (Wildman–Crippen LogP) is 5.88. The van der Waals surface area contributed by atoms with Crippen LogP contribution in [-0.2, 0) is 10.0 Å². The number of aromatic amines is 1. The number of nitrogens with zero attached hydrogens (tertiary/aromatic N) is 3. The number of rotatable bonds is 8. The van der Waals surface area contributed by atoms with E-state index in [1.165, 1.54) is 35.1 Å². The number of nitrogen functional groups attached to an aromatic ring is 1. The number of aryl methyl sites for hydroxylation is 1. The first kappa shape index (κ1) is 28.5. The molecule has 0 bridgehead atoms. The molecule has 0 unspecified atom stereocenters. The number of para-hydroxylation sites is 1. The Labute approximate surface area is 248 Å². The number of hydrogen-bond acceptors (Lipinski definition) is 7. The molecule has 0 saturated carbocycles. The topological polar surface area (TPSA) is 145 Å². The lowest BCUT2D eigenvalue weighted by Crippen LogP contribution is -2.15. The van der Waals surface area contributed by atoms with Crippen LogP contribution in [-0.4, -0.2) is 33.9 Å². The number of carbonyl (C=O) groups excluding carboxylic acids is 1. The molecule has 0 amide bonds. The van der Waals surface area contributed by atoms with Crippen molar-refractivity contribution in [1.29, 1.82) is 0 Å². The van der Waals surface area contributed by atoms with Crippen LogP contribution in [0.15, 0.2) is 90.1 Å². The third-order valence-corrected chi connectivity index (χ3v) is 7.94. The second-order valence-corrected chi connectivity index (χ2v) is 11.3. The molecule has 0 fully saturated rings. The smallest absolute Gasteiger partial charge is 0.279 e. The summed E-state index contributed by atoms with van der Waals surface area (Å²) >= 11 is 0. The Kier molecular flexibility index (Phi) is 7.05. The maximum absolute atomic E-state index is 14.9. The molecule has 4 N–H and O–H groups in total. The average Bonchev–Trinajstić information content (AvgIpc) is 3.57. The third kappa shape index (κ3) is 5.33. The zero-order valence-electron chi connectivity index (χ0n) is 22.7. The number of sulfonamides is 1. The zero-order chi connectivity index (χ0) is 31.2. The second kappa shape index (κ2) is 10.9. The van der Waals surface area contributed by atoms with Gasteiger partial charge in [-0.25, -0.2) is 18.4 Å². The minimum atomic E-state index is -4.41. The molecular weight excluding hydrogens is 597 g/mol. The van der Waals surface area contributed by atoms with Gasteiger partial charge < -0.3 is 15.5 Å². The van der Waals surface area contributed by atoms with Crippen molar-refractivity contribution in [3.8, 4) is 17.2 Å². The summed E-state index contributed by atoms with van der Waals surface area (Å²) in [6, 6.07) is 17.7. The van der Waals surface area contributed by atoms with Gasteiger partial charge in [0, 0.05) is 10.9 Å². The van der Waals surface area contributed by atoms with Gasteiger partial charge in [0.15, 0.2) is 16.6 Å². The lowest BCUT2D eigenvalue weighted by Gasteiger charge is -2.12. The first-order valence-corrected chi connectivity index (χ1v) is 14.4. The van der Waals surface area contributed by atoms with E-state index in [1.807, 2.05) is 0 Å². The van der Waals surface area contributed by atoms with Crippen LogP contribution >= 0.6 is 0 Å². The molecule has 0 aliphatic carbocycles. The van der Waals surface area contributed by atoms with Crippen molar-refractivity contribution < 1.29 is 31.1 Å². The number of fused-ring (bicyclic) bond motifs is 1. The SMILES string of the molecule is Cc1cc(Oc2ccccc2F)ccc1-n1ncc(C(=O)c2cc3cc(F)c(NS(=O)(=O)c4cccc(F)n4)cc3[nH]2)c1N. The summed E-state index contributed by atoms with van der Waals surface area (Å²) in [7, 11) is -4.41. The fourth-order valence-corrected chi connectivity index (χ4v) is 5.56. The van der Waals surface area contributed by atoms with Crippen molar-refractivity contribution in [1.82, 2.24) is 19.7 Å². The Morgan fingerprint density at radius 1 is 0.977 bits per heavy atom. The van der Waals surface area contributed by atoms with Gasteiger partial charge in [0.05, 0.1) is 28.8 Å². The molecule has 0 radical (unpaired) electrons. The number of benzene rings is 3. The summed E-state index contributed by atoms with van der Waals surface area (Å²) in [6.45, 7) is 1.77. The highest BCUT2D eigenvalue weighted by Gasteiger charge is 2.23. The average molecular weight is 619 g/mol. The van der Waals surface area contributed by atoms with Crippen LogP contribution in [0.3, 0.4) is 0 Å². The van der Waals surface area contributed by atoms with Crippen LogP contribution in [0.4, 0.5) is 24.7 Å². The van der Waals surface area contributed by atoms with E-state index in [9.17, 15) is 26.4 Å². The molecule has 6 aromatic rings. The van der Waals surface area contributed by atoms with Gasteiger partial charge in [0.2, 0.25) is 11.7 Å². The van der Waals surface area contributed by atoms with Gasteiger partial charge in [-0.15, -0.1) is 0 Å². The highest BCUT2D eigenvalue weighted by Crippen LogP contribution is 2.30. The molecule has 0 aliphatic rings. The zero-order valence-corrected chi connectivity index (χ0v) is 23.5. The molecule has 44 heavy (non-hydrogen) atoms. The molecule has 0 aliphatic heterocycles. The molecule has 0 atom stereocenters. The number of aromatic nitrogens is 4. The monoisotopic (exact) mass is 618 g/mol. The number of H-pyrrole nitrogens is 1. The van der Waals surface area contributed by atoms with Crippen LogP contribution in [0.25, 0.3) is 16.6 Å². The van der Waals surface area contributed by atoms with Gasteiger partial charge in [-0.3, -0.25) is 9.52 Å². The van der Waals surface area contributed by atoms with E-state index in [-0.39, 0.29) is 33.7 Å². The molecule has 14 heteroatoms. The van der Waals surface area contributed by atoms with Crippen molar-refractivity contribution in [2.75, 3.05) is 10.5 Å². The number of nitrogens with one attached hydrogen (secondary N) is 2. The Balaban J connectivity index is 1.26. The molecule has 0 spiro atoms. The van der Waals surface area contributed by atoms with Gasteiger partial charge in [-0.05, 0) is 73.2 Å². The van der Waals surface area contributed by atoms with Crippen molar-refractivity contribution in [3.05, 3.63) is 119 Å². The van der Waals surface area contributed by atoms with Crippen LogP contribution in [0.2, 0.25) is 0 Å². The molecule has 3 aromatic heterocycles. The van der Waals surface area contributed by atoms with Crippen molar-refractivity contribution in [3.63, 3.8) is 0 Å². The maximum atomic E-state index is 14.9. The number of nitrogens with two attached hydrogens (primary N) is 1. The largest absolute Gasteiger partial charge is 0.454 e. The van der Waals surface area contributed by atoms with Crippen molar-refractivity contribution in [2.24, 2.45) is 0 Å². The number of ether oxygens (including phenoxy) is 1. The molecule has 6 rings (SSSR count). The number of halogens is 3. The van der Waals surface area contributed by atoms with Crippen molar-refractivity contribution >= 4 is 38.2 Å². The van der Waals surface area contributed by atoms with E-state index in [2.05, 4.69) is 19.8 Å². The minimum absolute atomic E-state index is 0.0294. The van der Waals surface area contributed by atoms with Crippen molar-refractivity contribution in [2.45, 2.75) is 11.9 Å². The highest BCUT2D eigenvalue weighted by molar-refractivity contribution is 7.92. The van der Waals surface area contributed by atoms with E-state index in [4.69, 9.17) is 10.5 Å². The standard InChI is InChI=1S/C30H21F3N6O4S/c1-16-11-18(43-26-6-3-2-5-20(26)31)9-10-25(16)39-30(34)19(15-35-39)29(40)24-13-17-12-21(32)23(14-22(17)36-24)38-44(41,42)28-8-4-7-27(33)37-28/h2-15,36,38H,34H2,1H3. The fourth-order valence-electron chi connectivity index (χ4n) is 4.54. The first-order valence-electron chi connectivity index (χ1n) is 12.9. The van der Waals surface area contributed by atoms with E-state index >= 15 is 0 Å².